The Labute approximate surface area is 164 Å². The summed E-state index contributed by atoms with van der Waals surface area (Å²) in [5.74, 6) is -0.235. The topological polar surface area (TPSA) is 17.3 Å². The van der Waals surface area contributed by atoms with Gasteiger partial charge in [0.1, 0.15) is 11.5 Å². The van der Waals surface area contributed by atoms with Gasteiger partial charge in [-0.05, 0) is 64.3 Å². The van der Waals surface area contributed by atoms with Gasteiger partial charge in [0.25, 0.3) is 0 Å². The SMILES string of the molecule is Cc1cc(Br)cn2c(Cc3cccc(F)c3)c(-c3ccc(Cl)cc3)nc12. The van der Waals surface area contributed by atoms with Crippen molar-refractivity contribution in [2.75, 3.05) is 0 Å². The summed E-state index contributed by atoms with van der Waals surface area (Å²) in [6, 6.07) is 16.4. The van der Waals surface area contributed by atoms with Crippen molar-refractivity contribution in [2.24, 2.45) is 0 Å². The predicted octanol–water partition coefficient (Wildman–Crippen LogP) is 6.46. The third-order valence-corrected chi connectivity index (χ3v) is 5.03. The predicted molar refractivity (Wildman–Crippen MR) is 107 cm³/mol. The zero-order chi connectivity index (χ0) is 18.3. The maximum atomic E-state index is 13.7. The van der Waals surface area contributed by atoms with Crippen molar-refractivity contribution < 1.29 is 4.39 Å². The Balaban J connectivity index is 1.95. The number of halogens is 3. The lowest BCUT2D eigenvalue weighted by molar-refractivity contribution is 0.626. The summed E-state index contributed by atoms with van der Waals surface area (Å²) >= 11 is 9.60. The minimum atomic E-state index is -0.235. The number of benzene rings is 2. The second kappa shape index (κ2) is 6.86. The molecule has 26 heavy (non-hydrogen) atoms. The first kappa shape index (κ1) is 17.3. The third-order valence-electron chi connectivity index (χ3n) is 4.35. The summed E-state index contributed by atoms with van der Waals surface area (Å²) in [5, 5.41) is 0.683. The van der Waals surface area contributed by atoms with Crippen LogP contribution in [0.4, 0.5) is 4.39 Å². The van der Waals surface area contributed by atoms with Crippen molar-refractivity contribution in [2.45, 2.75) is 13.3 Å². The van der Waals surface area contributed by atoms with Gasteiger partial charge in [0, 0.05) is 27.7 Å². The molecule has 0 atom stereocenters. The highest BCUT2D eigenvalue weighted by Crippen LogP contribution is 2.30. The number of hydrogen-bond acceptors (Lipinski definition) is 1. The van der Waals surface area contributed by atoms with E-state index < -0.39 is 0 Å². The van der Waals surface area contributed by atoms with E-state index in [1.54, 1.807) is 12.1 Å². The largest absolute Gasteiger partial charge is 0.302 e. The Morgan fingerprint density at radius 1 is 1.12 bits per heavy atom. The summed E-state index contributed by atoms with van der Waals surface area (Å²) in [6.45, 7) is 2.03. The van der Waals surface area contributed by atoms with E-state index in [1.807, 2.05) is 49.5 Å². The molecule has 0 N–H and O–H groups in total. The second-order valence-corrected chi connectivity index (χ2v) is 7.61. The van der Waals surface area contributed by atoms with E-state index in [0.29, 0.717) is 11.4 Å². The van der Waals surface area contributed by atoms with Crippen LogP contribution in [-0.4, -0.2) is 9.38 Å². The smallest absolute Gasteiger partial charge is 0.140 e. The molecular weight excluding hydrogens is 415 g/mol. The van der Waals surface area contributed by atoms with Crippen LogP contribution in [0.2, 0.25) is 5.02 Å². The number of pyridine rings is 1. The molecule has 0 saturated carbocycles. The highest BCUT2D eigenvalue weighted by Gasteiger charge is 2.16. The number of aryl methyl sites for hydroxylation is 1. The molecule has 0 bridgehead atoms. The van der Waals surface area contributed by atoms with Crippen molar-refractivity contribution in [3.05, 3.63) is 92.9 Å². The van der Waals surface area contributed by atoms with Crippen LogP contribution in [0, 0.1) is 12.7 Å². The molecule has 4 rings (SSSR count). The average molecular weight is 430 g/mol. The van der Waals surface area contributed by atoms with Crippen molar-refractivity contribution in [1.29, 1.82) is 0 Å². The van der Waals surface area contributed by atoms with Gasteiger partial charge in [-0.1, -0.05) is 35.9 Å². The molecule has 0 fully saturated rings. The van der Waals surface area contributed by atoms with Crippen LogP contribution in [0.15, 0.2) is 65.3 Å². The van der Waals surface area contributed by atoms with Crippen LogP contribution in [-0.2, 0) is 6.42 Å². The van der Waals surface area contributed by atoms with Gasteiger partial charge in [-0.15, -0.1) is 0 Å². The summed E-state index contributed by atoms with van der Waals surface area (Å²) in [7, 11) is 0. The molecule has 0 aliphatic rings. The molecule has 0 radical (unpaired) electrons. The Kier molecular flexibility index (Phi) is 4.55. The van der Waals surface area contributed by atoms with Crippen LogP contribution in [0.5, 0.6) is 0 Å². The minimum absolute atomic E-state index is 0.235. The number of nitrogens with zero attached hydrogens (tertiary/aromatic N) is 2. The summed E-state index contributed by atoms with van der Waals surface area (Å²) in [6.07, 6.45) is 2.58. The molecule has 4 aromatic rings. The molecule has 130 valence electrons. The summed E-state index contributed by atoms with van der Waals surface area (Å²) in [5.41, 5.74) is 5.74. The number of rotatable bonds is 3. The lowest BCUT2D eigenvalue weighted by Gasteiger charge is -2.07. The maximum Gasteiger partial charge on any atom is 0.140 e. The highest BCUT2D eigenvalue weighted by molar-refractivity contribution is 9.10. The lowest BCUT2D eigenvalue weighted by atomic mass is 10.0. The Morgan fingerprint density at radius 3 is 2.62 bits per heavy atom. The number of hydrogen-bond donors (Lipinski definition) is 0. The van der Waals surface area contributed by atoms with Gasteiger partial charge >= 0.3 is 0 Å². The van der Waals surface area contributed by atoms with Crippen LogP contribution < -0.4 is 0 Å². The Hall–Kier alpha value is -2.17. The van der Waals surface area contributed by atoms with Gasteiger partial charge in [-0.25, -0.2) is 9.37 Å². The molecule has 2 aromatic heterocycles. The zero-order valence-corrected chi connectivity index (χ0v) is 16.4. The minimum Gasteiger partial charge on any atom is -0.302 e. The molecule has 5 heteroatoms. The van der Waals surface area contributed by atoms with Gasteiger partial charge in [0.15, 0.2) is 0 Å². The molecule has 2 nitrogen and oxygen atoms in total. The van der Waals surface area contributed by atoms with Gasteiger partial charge in [0.05, 0.1) is 11.4 Å². The molecule has 2 aromatic carbocycles. The highest BCUT2D eigenvalue weighted by atomic mass is 79.9. The lowest BCUT2D eigenvalue weighted by Crippen LogP contribution is -1.98. The molecule has 0 spiro atoms. The number of fused-ring (bicyclic) bond motifs is 1. The standard InChI is InChI=1S/C21H15BrClFN2/c1-13-9-16(22)12-26-19(11-14-3-2-4-18(24)10-14)20(25-21(13)26)15-5-7-17(23)8-6-15/h2-10,12H,11H2,1H3. The van der Waals surface area contributed by atoms with E-state index in [2.05, 4.69) is 20.3 Å². The third kappa shape index (κ3) is 3.27. The summed E-state index contributed by atoms with van der Waals surface area (Å²) < 4.78 is 16.7. The van der Waals surface area contributed by atoms with Gasteiger partial charge in [-0.3, -0.25) is 0 Å². The molecule has 0 aliphatic heterocycles. The Morgan fingerprint density at radius 2 is 1.88 bits per heavy atom. The molecular formula is C21H15BrClFN2. The zero-order valence-electron chi connectivity index (χ0n) is 14.0. The monoisotopic (exact) mass is 428 g/mol. The van der Waals surface area contributed by atoms with E-state index >= 15 is 0 Å². The van der Waals surface area contributed by atoms with E-state index in [1.165, 1.54) is 6.07 Å². The normalized spacial score (nSPS) is 11.2. The fourth-order valence-electron chi connectivity index (χ4n) is 3.16. The van der Waals surface area contributed by atoms with Crippen LogP contribution in [0.3, 0.4) is 0 Å². The van der Waals surface area contributed by atoms with Gasteiger partial charge in [-0.2, -0.15) is 0 Å². The first-order valence-corrected chi connectivity index (χ1v) is 9.36. The van der Waals surface area contributed by atoms with Crippen LogP contribution >= 0.6 is 27.5 Å². The van der Waals surface area contributed by atoms with Crippen LogP contribution in [0.25, 0.3) is 16.9 Å². The maximum absolute atomic E-state index is 13.7. The number of aromatic nitrogens is 2. The fourth-order valence-corrected chi connectivity index (χ4v) is 3.84. The van der Waals surface area contributed by atoms with Crippen molar-refractivity contribution in [3.63, 3.8) is 0 Å². The molecule has 0 saturated heterocycles. The van der Waals surface area contributed by atoms with Crippen LogP contribution in [0.1, 0.15) is 16.8 Å². The van der Waals surface area contributed by atoms with E-state index in [0.717, 1.165) is 38.2 Å². The van der Waals surface area contributed by atoms with E-state index in [9.17, 15) is 4.39 Å². The fraction of sp³-hybridized carbons (Fsp3) is 0.0952. The quantitative estimate of drug-likeness (QED) is 0.365. The van der Waals surface area contributed by atoms with E-state index in [-0.39, 0.29) is 5.82 Å². The van der Waals surface area contributed by atoms with Gasteiger partial charge < -0.3 is 4.40 Å². The first-order chi connectivity index (χ1) is 12.5. The Bertz CT molecular complexity index is 1100. The van der Waals surface area contributed by atoms with Crippen molar-refractivity contribution in [3.8, 4) is 11.3 Å². The first-order valence-electron chi connectivity index (χ1n) is 8.19. The van der Waals surface area contributed by atoms with E-state index in [4.69, 9.17) is 16.6 Å². The molecule has 0 aliphatic carbocycles. The molecule has 0 unspecified atom stereocenters. The number of imidazole rings is 1. The molecule has 2 heterocycles. The van der Waals surface area contributed by atoms with Crippen molar-refractivity contribution in [1.82, 2.24) is 9.38 Å². The second-order valence-electron chi connectivity index (χ2n) is 6.26. The molecule has 0 amide bonds. The average Bonchev–Trinajstić information content (AvgIpc) is 2.94. The van der Waals surface area contributed by atoms with Gasteiger partial charge in [0.2, 0.25) is 0 Å². The van der Waals surface area contributed by atoms with Crippen molar-refractivity contribution >= 4 is 33.2 Å². The summed E-state index contributed by atoms with van der Waals surface area (Å²) in [4.78, 5) is 4.88.